The molecule has 0 saturated carbocycles. The first-order chi connectivity index (χ1) is 8.63. The van der Waals surface area contributed by atoms with Crippen molar-refractivity contribution in [2.24, 2.45) is 0 Å². The quantitative estimate of drug-likeness (QED) is 0.863. The summed E-state index contributed by atoms with van der Waals surface area (Å²) in [5, 5.41) is 0. The molecule has 18 heavy (non-hydrogen) atoms. The third-order valence-corrected chi connectivity index (χ3v) is 2.99. The van der Waals surface area contributed by atoms with Crippen molar-refractivity contribution in [1.29, 1.82) is 0 Å². The number of halogens is 2. The number of anilines is 2. The number of aromatic nitrogens is 1. The Morgan fingerprint density at radius 1 is 1.33 bits per heavy atom. The van der Waals surface area contributed by atoms with Crippen LogP contribution < -0.4 is 9.64 Å². The van der Waals surface area contributed by atoms with E-state index in [1.54, 1.807) is 25.3 Å². The van der Waals surface area contributed by atoms with Gasteiger partial charge < -0.3 is 9.64 Å². The van der Waals surface area contributed by atoms with Gasteiger partial charge in [0, 0.05) is 17.7 Å². The molecule has 1 heterocycles. The number of para-hydroxylation sites is 2. The van der Waals surface area contributed by atoms with Crippen molar-refractivity contribution in [1.82, 2.24) is 4.98 Å². The van der Waals surface area contributed by atoms with Crippen molar-refractivity contribution in [2.75, 3.05) is 19.1 Å². The molecule has 0 bridgehead atoms. The van der Waals surface area contributed by atoms with Crippen LogP contribution in [0.3, 0.4) is 0 Å². The zero-order valence-electron chi connectivity index (χ0n) is 10.0. The Morgan fingerprint density at radius 3 is 2.72 bits per heavy atom. The first-order valence-corrected chi connectivity index (χ1v) is 6.10. The number of hydrogen-bond acceptors (Lipinski definition) is 3. The summed E-state index contributed by atoms with van der Waals surface area (Å²) in [4.78, 5) is 5.73. The summed E-state index contributed by atoms with van der Waals surface area (Å²) in [6, 6.07) is 8.78. The van der Waals surface area contributed by atoms with E-state index in [9.17, 15) is 4.39 Å². The lowest BCUT2D eigenvalue weighted by Crippen LogP contribution is -2.14. The highest BCUT2D eigenvalue weighted by Gasteiger charge is 2.14. The lowest BCUT2D eigenvalue weighted by molar-refractivity contribution is 0.415. The second kappa shape index (κ2) is 5.35. The van der Waals surface area contributed by atoms with Gasteiger partial charge in [-0.1, -0.05) is 12.1 Å². The average molecular weight is 311 g/mol. The van der Waals surface area contributed by atoms with Crippen molar-refractivity contribution in [3.8, 4) is 5.75 Å². The van der Waals surface area contributed by atoms with Crippen LogP contribution in [0.2, 0.25) is 0 Å². The molecule has 0 saturated heterocycles. The van der Waals surface area contributed by atoms with Crippen LogP contribution in [-0.2, 0) is 0 Å². The lowest BCUT2D eigenvalue weighted by Gasteiger charge is -2.21. The maximum absolute atomic E-state index is 13.8. The van der Waals surface area contributed by atoms with Crippen LogP contribution in [0.4, 0.5) is 15.9 Å². The van der Waals surface area contributed by atoms with Crippen molar-refractivity contribution < 1.29 is 9.13 Å². The van der Waals surface area contributed by atoms with Crippen LogP contribution in [0.25, 0.3) is 0 Å². The van der Waals surface area contributed by atoms with Gasteiger partial charge >= 0.3 is 0 Å². The molecule has 0 aliphatic rings. The molecule has 0 amide bonds. The predicted molar refractivity (Wildman–Crippen MR) is 73.0 cm³/mol. The van der Waals surface area contributed by atoms with Crippen molar-refractivity contribution in [3.05, 3.63) is 46.8 Å². The summed E-state index contributed by atoms with van der Waals surface area (Å²) in [7, 11) is 3.33. The van der Waals surface area contributed by atoms with Gasteiger partial charge in [-0.25, -0.2) is 9.37 Å². The van der Waals surface area contributed by atoms with Gasteiger partial charge in [-0.2, -0.15) is 0 Å². The fourth-order valence-corrected chi connectivity index (χ4v) is 1.98. The molecule has 0 aliphatic carbocycles. The maximum atomic E-state index is 13.8. The topological polar surface area (TPSA) is 25.4 Å². The second-order valence-corrected chi connectivity index (χ2v) is 4.61. The Balaban J connectivity index is 2.44. The third kappa shape index (κ3) is 2.46. The Bertz CT molecular complexity index is 562. The minimum atomic E-state index is -0.391. The molecule has 1 aromatic carbocycles. The van der Waals surface area contributed by atoms with E-state index in [0.717, 1.165) is 5.69 Å². The van der Waals surface area contributed by atoms with Gasteiger partial charge in [-0.15, -0.1) is 0 Å². The Morgan fingerprint density at radius 2 is 2.06 bits per heavy atom. The van der Waals surface area contributed by atoms with Gasteiger partial charge in [0.05, 0.1) is 12.8 Å². The molecule has 0 fully saturated rings. The zero-order valence-corrected chi connectivity index (χ0v) is 11.6. The molecule has 0 unspecified atom stereocenters. The summed E-state index contributed by atoms with van der Waals surface area (Å²) < 4.78 is 19.7. The predicted octanol–water partition coefficient (Wildman–Crippen LogP) is 3.76. The zero-order chi connectivity index (χ0) is 13.1. The number of pyridine rings is 1. The highest BCUT2D eigenvalue weighted by Crippen LogP contribution is 2.32. The number of ether oxygens (including phenoxy) is 1. The third-order valence-electron chi connectivity index (χ3n) is 2.55. The van der Waals surface area contributed by atoms with E-state index < -0.39 is 5.82 Å². The first-order valence-electron chi connectivity index (χ1n) is 5.31. The second-order valence-electron chi connectivity index (χ2n) is 3.69. The van der Waals surface area contributed by atoms with Gasteiger partial charge in [0.1, 0.15) is 5.75 Å². The monoisotopic (exact) mass is 310 g/mol. The number of methoxy groups -OCH3 is 1. The van der Waals surface area contributed by atoms with Crippen molar-refractivity contribution in [3.63, 3.8) is 0 Å². The molecule has 0 radical (unpaired) electrons. The van der Waals surface area contributed by atoms with Gasteiger partial charge in [0.2, 0.25) is 0 Å². The van der Waals surface area contributed by atoms with Crippen LogP contribution in [0.15, 0.2) is 41.0 Å². The van der Waals surface area contributed by atoms with E-state index in [2.05, 4.69) is 20.9 Å². The van der Waals surface area contributed by atoms with E-state index >= 15 is 0 Å². The lowest BCUT2D eigenvalue weighted by atomic mass is 10.2. The maximum Gasteiger partial charge on any atom is 0.169 e. The number of rotatable bonds is 3. The van der Waals surface area contributed by atoms with Crippen LogP contribution in [0, 0.1) is 5.82 Å². The van der Waals surface area contributed by atoms with Crippen LogP contribution in [0.5, 0.6) is 5.75 Å². The van der Waals surface area contributed by atoms with Crippen LogP contribution in [-0.4, -0.2) is 19.1 Å². The van der Waals surface area contributed by atoms with Crippen LogP contribution >= 0.6 is 15.9 Å². The molecule has 0 aliphatic heterocycles. The standard InChI is InChI=1S/C13H12BrFN2O/c1-17(11-5-3-4-6-12(11)18-2)13-10(15)7-9(14)8-16-13/h3-8H,1-2H3. The van der Waals surface area contributed by atoms with Gasteiger partial charge in [0.25, 0.3) is 0 Å². The number of hydrogen-bond donors (Lipinski definition) is 0. The van der Waals surface area contributed by atoms with Crippen molar-refractivity contribution >= 4 is 27.4 Å². The van der Waals surface area contributed by atoms with Gasteiger partial charge in [-0.3, -0.25) is 0 Å². The molecule has 2 rings (SSSR count). The molecular weight excluding hydrogens is 299 g/mol. The molecule has 0 spiro atoms. The molecule has 2 aromatic rings. The van der Waals surface area contributed by atoms with Gasteiger partial charge in [-0.05, 0) is 34.1 Å². The average Bonchev–Trinajstić information content (AvgIpc) is 2.38. The molecule has 0 atom stereocenters. The summed E-state index contributed by atoms with van der Waals surface area (Å²) in [5.74, 6) is 0.532. The fourth-order valence-electron chi connectivity index (χ4n) is 1.68. The van der Waals surface area contributed by atoms with E-state index in [0.29, 0.717) is 10.2 Å². The molecular formula is C13H12BrFN2O. The minimum Gasteiger partial charge on any atom is -0.495 e. The molecule has 0 N–H and O–H groups in total. The molecule has 3 nitrogen and oxygen atoms in total. The molecule has 5 heteroatoms. The summed E-state index contributed by atoms with van der Waals surface area (Å²) in [6.45, 7) is 0. The van der Waals surface area contributed by atoms with Gasteiger partial charge in [0.15, 0.2) is 11.6 Å². The van der Waals surface area contributed by atoms with E-state index in [1.807, 2.05) is 24.3 Å². The van der Waals surface area contributed by atoms with E-state index in [4.69, 9.17) is 4.74 Å². The highest BCUT2D eigenvalue weighted by atomic mass is 79.9. The summed E-state index contributed by atoms with van der Waals surface area (Å²) >= 11 is 3.18. The normalized spacial score (nSPS) is 10.2. The first kappa shape index (κ1) is 12.8. The number of benzene rings is 1. The fraction of sp³-hybridized carbons (Fsp3) is 0.154. The highest BCUT2D eigenvalue weighted by molar-refractivity contribution is 9.10. The van der Waals surface area contributed by atoms with Crippen LogP contribution in [0.1, 0.15) is 0 Å². The minimum absolute atomic E-state index is 0.253. The summed E-state index contributed by atoms with van der Waals surface area (Å²) in [5.41, 5.74) is 0.758. The van der Waals surface area contributed by atoms with Crippen molar-refractivity contribution in [2.45, 2.75) is 0 Å². The Kier molecular flexibility index (Phi) is 3.81. The largest absolute Gasteiger partial charge is 0.495 e. The number of nitrogens with zero attached hydrogens (tertiary/aromatic N) is 2. The summed E-state index contributed by atoms with van der Waals surface area (Å²) in [6.07, 6.45) is 1.56. The molecule has 1 aromatic heterocycles. The SMILES string of the molecule is COc1ccccc1N(C)c1ncc(Br)cc1F. The Hall–Kier alpha value is -1.62. The smallest absolute Gasteiger partial charge is 0.169 e. The Labute approximate surface area is 113 Å². The molecule has 94 valence electrons. The van der Waals surface area contributed by atoms with E-state index in [-0.39, 0.29) is 5.82 Å². The van der Waals surface area contributed by atoms with E-state index in [1.165, 1.54) is 6.07 Å².